The molecule has 0 bridgehead atoms. The summed E-state index contributed by atoms with van der Waals surface area (Å²) in [4.78, 5) is 20.5. The van der Waals surface area contributed by atoms with Gasteiger partial charge in [-0.15, -0.1) is 0 Å². The number of halogens is 1. The predicted molar refractivity (Wildman–Crippen MR) is 109 cm³/mol. The number of nitrogens with one attached hydrogen (secondary N) is 1. The van der Waals surface area contributed by atoms with Crippen molar-refractivity contribution in [1.82, 2.24) is 15.3 Å². The molecule has 1 saturated carbocycles. The lowest BCUT2D eigenvalue weighted by Gasteiger charge is -2.27. The van der Waals surface area contributed by atoms with Gasteiger partial charge in [0.15, 0.2) is 0 Å². The van der Waals surface area contributed by atoms with Crippen LogP contribution in [0.5, 0.6) is 0 Å². The molecule has 3 rings (SSSR count). The number of sulfone groups is 1. The van der Waals surface area contributed by atoms with Gasteiger partial charge in [-0.25, -0.2) is 18.4 Å². The smallest absolute Gasteiger partial charge is 0.254 e. The molecule has 2 N–H and O–H groups in total. The summed E-state index contributed by atoms with van der Waals surface area (Å²) in [7, 11) is -3.51. The van der Waals surface area contributed by atoms with Gasteiger partial charge in [-0.1, -0.05) is 36.9 Å². The van der Waals surface area contributed by atoms with Crippen LogP contribution in [0.15, 0.2) is 35.6 Å². The molecule has 1 amide bonds. The second-order valence-corrected chi connectivity index (χ2v) is 9.73. The molecule has 1 heterocycles. The fourth-order valence-electron chi connectivity index (χ4n) is 3.50. The van der Waals surface area contributed by atoms with Gasteiger partial charge >= 0.3 is 0 Å². The first-order chi connectivity index (χ1) is 13.7. The van der Waals surface area contributed by atoms with E-state index in [-0.39, 0.29) is 21.7 Å². The summed E-state index contributed by atoms with van der Waals surface area (Å²) < 4.78 is 23.3. The molecule has 1 aromatic heterocycles. The molecule has 0 radical (unpaired) electrons. The van der Waals surface area contributed by atoms with Gasteiger partial charge in [0.2, 0.25) is 15.0 Å². The summed E-state index contributed by atoms with van der Waals surface area (Å²) in [5.74, 6) is -0.375. The Balaban J connectivity index is 1.75. The molecule has 156 valence electrons. The number of hydrogen-bond donors (Lipinski definition) is 2. The molecule has 29 heavy (non-hydrogen) atoms. The monoisotopic (exact) mass is 437 g/mol. The minimum atomic E-state index is -3.51. The number of carbonyl (C=O) groups is 1. The lowest BCUT2D eigenvalue weighted by atomic mass is 9.88. The molecule has 1 atom stereocenters. The van der Waals surface area contributed by atoms with Crippen LogP contribution in [0.4, 0.5) is 0 Å². The van der Waals surface area contributed by atoms with Crippen LogP contribution in [0, 0.1) is 5.92 Å². The summed E-state index contributed by atoms with van der Waals surface area (Å²) in [6.07, 6.45) is 6.92. The molecule has 9 heteroatoms. The van der Waals surface area contributed by atoms with Crippen LogP contribution in [0.2, 0.25) is 5.02 Å². The van der Waals surface area contributed by atoms with Gasteiger partial charge in [-0.2, -0.15) is 0 Å². The van der Waals surface area contributed by atoms with E-state index in [9.17, 15) is 18.3 Å². The summed E-state index contributed by atoms with van der Waals surface area (Å²) >= 11 is 6.20. The summed E-state index contributed by atoms with van der Waals surface area (Å²) in [6, 6.07) is 6.61. The van der Waals surface area contributed by atoms with Crippen LogP contribution in [0.25, 0.3) is 0 Å². The second-order valence-electron chi connectivity index (χ2n) is 7.41. The lowest BCUT2D eigenvalue weighted by Crippen LogP contribution is -2.41. The molecule has 0 aliphatic heterocycles. The van der Waals surface area contributed by atoms with Gasteiger partial charge in [0, 0.05) is 30.5 Å². The molecule has 2 aromatic rings. The Labute approximate surface area is 175 Å². The quantitative estimate of drug-likeness (QED) is 0.531. The first kappa shape index (κ1) is 21.7. The molecule has 1 fully saturated rings. The molecule has 0 saturated heterocycles. The van der Waals surface area contributed by atoms with Crippen molar-refractivity contribution in [3.05, 3.63) is 52.3 Å². The van der Waals surface area contributed by atoms with Crippen LogP contribution in [0.3, 0.4) is 0 Å². The number of aliphatic hydroxyl groups excluding tert-OH is 1. The maximum Gasteiger partial charge on any atom is 0.254 e. The maximum absolute atomic E-state index is 12.6. The van der Waals surface area contributed by atoms with E-state index in [4.69, 9.17) is 11.6 Å². The highest BCUT2D eigenvalue weighted by Gasteiger charge is 2.24. The fraction of sp³-hybridized carbons (Fsp3) is 0.450. The number of rotatable bonds is 6. The van der Waals surface area contributed by atoms with E-state index in [0.29, 0.717) is 12.1 Å². The van der Waals surface area contributed by atoms with Gasteiger partial charge < -0.3 is 10.4 Å². The van der Waals surface area contributed by atoms with Crippen LogP contribution in [-0.2, 0) is 16.3 Å². The van der Waals surface area contributed by atoms with Gasteiger partial charge in [0.1, 0.15) is 6.23 Å². The van der Waals surface area contributed by atoms with Gasteiger partial charge in [-0.05, 0) is 36.6 Å². The number of carbonyl (C=O) groups excluding carboxylic acids is 1. The average Bonchev–Trinajstić information content (AvgIpc) is 2.69. The first-order valence-corrected chi connectivity index (χ1v) is 11.8. The SMILES string of the molecule is CS(=O)(=O)c1nccc(Cc2ccc(Cl)c(C(=O)NC(O)C3CCCCC3)c2)n1. The number of benzene rings is 1. The third-order valence-electron chi connectivity index (χ3n) is 5.06. The normalized spacial score (nSPS) is 16.4. The van der Waals surface area contributed by atoms with E-state index in [0.717, 1.165) is 43.9 Å². The molecule has 7 nitrogen and oxygen atoms in total. The van der Waals surface area contributed by atoms with Gasteiger partial charge in [-0.3, -0.25) is 4.79 Å². The first-order valence-electron chi connectivity index (χ1n) is 9.53. The lowest BCUT2D eigenvalue weighted by molar-refractivity contribution is 0.0463. The Kier molecular flexibility index (Phi) is 6.87. The predicted octanol–water partition coefficient (Wildman–Crippen LogP) is 2.75. The Morgan fingerprint density at radius 3 is 2.69 bits per heavy atom. The van der Waals surface area contributed by atoms with E-state index in [1.54, 1.807) is 24.3 Å². The van der Waals surface area contributed by atoms with E-state index in [1.165, 1.54) is 6.20 Å². The van der Waals surface area contributed by atoms with Crippen molar-refractivity contribution in [2.75, 3.05) is 6.26 Å². The Morgan fingerprint density at radius 1 is 1.28 bits per heavy atom. The van der Waals surface area contributed by atoms with Crippen molar-refractivity contribution in [2.24, 2.45) is 5.92 Å². The zero-order valence-corrected chi connectivity index (χ0v) is 17.7. The Morgan fingerprint density at radius 2 is 2.00 bits per heavy atom. The number of aliphatic hydroxyl groups is 1. The van der Waals surface area contributed by atoms with Crippen molar-refractivity contribution < 1.29 is 18.3 Å². The summed E-state index contributed by atoms with van der Waals surface area (Å²) in [6.45, 7) is 0. The van der Waals surface area contributed by atoms with Crippen LogP contribution >= 0.6 is 11.6 Å². The zero-order valence-electron chi connectivity index (χ0n) is 16.1. The molecule has 0 spiro atoms. The van der Waals surface area contributed by atoms with Gasteiger partial charge in [0.25, 0.3) is 5.91 Å². The number of aromatic nitrogens is 2. The Hall–Kier alpha value is -2.03. The number of amides is 1. The average molecular weight is 438 g/mol. The van der Waals surface area contributed by atoms with Crippen molar-refractivity contribution >= 4 is 27.3 Å². The van der Waals surface area contributed by atoms with Crippen LogP contribution < -0.4 is 5.32 Å². The summed E-state index contributed by atoms with van der Waals surface area (Å²) in [5, 5.41) is 13.1. The molecular formula is C20H24ClN3O4S. The standard InChI is InChI=1S/C20H24ClN3O4S/c1-29(27,28)20-22-10-9-15(23-20)11-13-7-8-17(21)16(12-13)19(26)24-18(25)14-5-3-2-4-6-14/h7-10,12,14,18,25H,2-6,11H2,1H3,(H,24,26). The highest BCUT2D eigenvalue weighted by molar-refractivity contribution is 7.90. The minimum Gasteiger partial charge on any atom is -0.373 e. The van der Waals surface area contributed by atoms with Crippen molar-refractivity contribution in [3.8, 4) is 0 Å². The van der Waals surface area contributed by atoms with E-state index < -0.39 is 22.0 Å². The third-order valence-corrected chi connectivity index (χ3v) is 6.25. The highest BCUT2D eigenvalue weighted by atomic mass is 35.5. The van der Waals surface area contributed by atoms with Crippen LogP contribution in [-0.4, -0.2) is 41.9 Å². The number of hydrogen-bond acceptors (Lipinski definition) is 6. The molecule has 1 unspecified atom stereocenters. The van der Waals surface area contributed by atoms with E-state index in [2.05, 4.69) is 15.3 Å². The molecular weight excluding hydrogens is 414 g/mol. The van der Waals surface area contributed by atoms with Crippen molar-refractivity contribution in [3.63, 3.8) is 0 Å². The topological polar surface area (TPSA) is 109 Å². The zero-order chi connectivity index (χ0) is 21.0. The number of nitrogens with zero attached hydrogens (tertiary/aromatic N) is 2. The van der Waals surface area contributed by atoms with E-state index >= 15 is 0 Å². The van der Waals surface area contributed by atoms with E-state index in [1.807, 2.05) is 0 Å². The van der Waals surface area contributed by atoms with Crippen molar-refractivity contribution in [1.29, 1.82) is 0 Å². The highest BCUT2D eigenvalue weighted by Crippen LogP contribution is 2.26. The molecule has 1 aromatic carbocycles. The second kappa shape index (κ2) is 9.19. The van der Waals surface area contributed by atoms with Crippen LogP contribution in [0.1, 0.15) is 53.7 Å². The largest absolute Gasteiger partial charge is 0.373 e. The Bertz CT molecular complexity index is 991. The maximum atomic E-state index is 12.6. The molecule has 1 aliphatic carbocycles. The fourth-order valence-corrected chi connectivity index (χ4v) is 4.24. The third kappa shape index (κ3) is 5.74. The van der Waals surface area contributed by atoms with Crippen molar-refractivity contribution in [2.45, 2.75) is 49.9 Å². The molecule has 1 aliphatic rings. The van der Waals surface area contributed by atoms with Gasteiger partial charge in [0.05, 0.1) is 10.6 Å². The minimum absolute atomic E-state index is 0.0603. The summed E-state index contributed by atoms with van der Waals surface area (Å²) in [5.41, 5.74) is 1.51.